The van der Waals surface area contributed by atoms with Gasteiger partial charge in [-0.3, -0.25) is 4.90 Å². The average Bonchev–Trinajstić information content (AvgIpc) is 3.09. The molecule has 0 spiro atoms. The van der Waals surface area contributed by atoms with Gasteiger partial charge in [-0.2, -0.15) is 0 Å². The normalized spacial score (nSPS) is 13.2. The number of likely N-dealkylation sites (N-methyl/N-ethyl adjacent to an activating group) is 1. The molecule has 1 amide bonds. The predicted molar refractivity (Wildman–Crippen MR) is 110 cm³/mol. The lowest BCUT2D eigenvalue weighted by Crippen LogP contribution is -2.44. The zero-order valence-electron chi connectivity index (χ0n) is 16.4. The maximum absolute atomic E-state index is 12.7. The molecule has 1 atom stereocenters. The SMILES string of the molecule is CN(C(=O)OCC1c2ccccc2-c2ccccc21)C(Cc1cncnc1)C(=O)O. The molecule has 1 N–H and O–H groups in total. The first-order valence-corrected chi connectivity index (χ1v) is 9.60. The van der Waals surface area contributed by atoms with Crippen LogP contribution in [0, 0.1) is 0 Å². The number of aliphatic carboxylic acids is 1. The van der Waals surface area contributed by atoms with Gasteiger partial charge in [-0.1, -0.05) is 48.5 Å². The summed E-state index contributed by atoms with van der Waals surface area (Å²) >= 11 is 0. The van der Waals surface area contributed by atoms with E-state index in [9.17, 15) is 14.7 Å². The van der Waals surface area contributed by atoms with Gasteiger partial charge >= 0.3 is 12.1 Å². The second-order valence-corrected chi connectivity index (χ2v) is 7.22. The Morgan fingerprint density at radius 3 is 2.17 bits per heavy atom. The summed E-state index contributed by atoms with van der Waals surface area (Å²) in [5, 5.41) is 9.60. The van der Waals surface area contributed by atoms with Crippen molar-refractivity contribution in [3.05, 3.63) is 83.9 Å². The number of amides is 1. The molecule has 0 radical (unpaired) electrons. The van der Waals surface area contributed by atoms with E-state index in [-0.39, 0.29) is 18.9 Å². The fraction of sp³-hybridized carbons (Fsp3) is 0.217. The molecule has 1 unspecified atom stereocenters. The number of nitrogens with zero attached hydrogens (tertiary/aromatic N) is 3. The molecular weight excluding hydrogens is 382 g/mol. The summed E-state index contributed by atoms with van der Waals surface area (Å²) in [6.45, 7) is 0.137. The van der Waals surface area contributed by atoms with E-state index in [1.165, 1.54) is 25.8 Å². The number of aromatic nitrogens is 2. The summed E-state index contributed by atoms with van der Waals surface area (Å²) in [5.41, 5.74) is 5.10. The van der Waals surface area contributed by atoms with Crippen molar-refractivity contribution in [3.8, 4) is 11.1 Å². The van der Waals surface area contributed by atoms with Crippen molar-refractivity contribution in [1.29, 1.82) is 0 Å². The third kappa shape index (κ3) is 3.74. The first kappa shape index (κ1) is 19.6. The Bertz CT molecular complexity index is 1030. The smallest absolute Gasteiger partial charge is 0.410 e. The largest absolute Gasteiger partial charge is 0.480 e. The molecule has 1 aliphatic carbocycles. The molecule has 1 aromatic heterocycles. The van der Waals surface area contributed by atoms with Gasteiger partial charge in [0.2, 0.25) is 0 Å². The number of hydrogen-bond acceptors (Lipinski definition) is 5. The van der Waals surface area contributed by atoms with Crippen LogP contribution >= 0.6 is 0 Å². The Kier molecular flexibility index (Phi) is 5.43. The van der Waals surface area contributed by atoms with E-state index in [4.69, 9.17) is 4.74 Å². The molecule has 0 saturated carbocycles. The van der Waals surface area contributed by atoms with Crippen molar-refractivity contribution in [3.63, 3.8) is 0 Å². The fourth-order valence-electron chi connectivity index (χ4n) is 3.87. The van der Waals surface area contributed by atoms with Crippen molar-refractivity contribution >= 4 is 12.1 Å². The van der Waals surface area contributed by atoms with E-state index < -0.39 is 18.1 Å². The third-order valence-corrected chi connectivity index (χ3v) is 5.42. The zero-order valence-corrected chi connectivity index (χ0v) is 16.4. The molecule has 0 bridgehead atoms. The summed E-state index contributed by atoms with van der Waals surface area (Å²) in [4.78, 5) is 33.3. The van der Waals surface area contributed by atoms with Crippen LogP contribution in [0.25, 0.3) is 11.1 Å². The lowest BCUT2D eigenvalue weighted by Gasteiger charge is -2.25. The van der Waals surface area contributed by atoms with Crippen molar-refractivity contribution in [2.45, 2.75) is 18.4 Å². The molecule has 0 fully saturated rings. The molecule has 30 heavy (non-hydrogen) atoms. The molecule has 7 heteroatoms. The maximum Gasteiger partial charge on any atom is 0.410 e. The van der Waals surface area contributed by atoms with Gasteiger partial charge in [0.05, 0.1) is 0 Å². The van der Waals surface area contributed by atoms with Gasteiger partial charge in [-0.15, -0.1) is 0 Å². The standard InChI is InChI=1S/C23H21N3O4/c1-26(21(22(27)28)10-15-11-24-14-25-12-15)23(29)30-13-20-18-8-4-2-6-16(18)17-7-3-5-9-19(17)20/h2-9,11-12,14,20-21H,10,13H2,1H3,(H,27,28). The molecule has 3 aromatic rings. The third-order valence-electron chi connectivity index (χ3n) is 5.42. The summed E-state index contributed by atoms with van der Waals surface area (Å²) < 4.78 is 5.56. The van der Waals surface area contributed by atoms with E-state index in [1.807, 2.05) is 36.4 Å². The lowest BCUT2D eigenvalue weighted by atomic mass is 9.98. The molecule has 7 nitrogen and oxygen atoms in total. The van der Waals surface area contributed by atoms with Gasteiger partial charge in [0.15, 0.2) is 0 Å². The maximum atomic E-state index is 12.7. The van der Waals surface area contributed by atoms with Crippen LogP contribution in [0.1, 0.15) is 22.6 Å². The highest BCUT2D eigenvalue weighted by Crippen LogP contribution is 2.44. The van der Waals surface area contributed by atoms with E-state index in [2.05, 4.69) is 22.1 Å². The van der Waals surface area contributed by atoms with Gasteiger partial charge in [-0.25, -0.2) is 19.6 Å². The minimum atomic E-state index is -1.12. The summed E-state index contributed by atoms with van der Waals surface area (Å²) in [7, 11) is 1.43. The average molecular weight is 403 g/mol. The topological polar surface area (TPSA) is 92.6 Å². The summed E-state index contributed by atoms with van der Waals surface area (Å²) in [5.74, 6) is -1.20. The molecule has 1 aliphatic rings. The lowest BCUT2D eigenvalue weighted by molar-refractivity contribution is -0.142. The van der Waals surface area contributed by atoms with E-state index in [0.29, 0.717) is 5.56 Å². The second kappa shape index (κ2) is 8.32. The van der Waals surface area contributed by atoms with Crippen molar-refractivity contribution in [2.24, 2.45) is 0 Å². The first-order valence-electron chi connectivity index (χ1n) is 9.60. The Hall–Kier alpha value is -3.74. The van der Waals surface area contributed by atoms with Crippen LogP contribution < -0.4 is 0 Å². The highest BCUT2D eigenvalue weighted by Gasteiger charge is 2.32. The fourth-order valence-corrected chi connectivity index (χ4v) is 3.87. The number of ether oxygens (including phenoxy) is 1. The number of carboxylic acid groups (broad SMARTS) is 1. The molecular formula is C23H21N3O4. The van der Waals surface area contributed by atoms with Crippen LogP contribution in [0.2, 0.25) is 0 Å². The van der Waals surface area contributed by atoms with Crippen LogP contribution in [0.5, 0.6) is 0 Å². The van der Waals surface area contributed by atoms with Crippen LogP contribution in [-0.2, 0) is 16.0 Å². The minimum absolute atomic E-state index is 0.0828. The van der Waals surface area contributed by atoms with Crippen molar-refractivity contribution in [1.82, 2.24) is 14.9 Å². The highest BCUT2D eigenvalue weighted by molar-refractivity contribution is 5.81. The molecule has 1 heterocycles. The highest BCUT2D eigenvalue weighted by atomic mass is 16.6. The van der Waals surface area contributed by atoms with Crippen LogP contribution in [-0.4, -0.2) is 51.7 Å². The Morgan fingerprint density at radius 1 is 1.03 bits per heavy atom. The number of hydrogen-bond donors (Lipinski definition) is 1. The summed E-state index contributed by atoms with van der Waals surface area (Å²) in [6, 6.07) is 15.0. The quantitative estimate of drug-likeness (QED) is 0.679. The Balaban J connectivity index is 1.48. The number of carbonyl (C=O) groups is 2. The predicted octanol–water partition coefficient (Wildman–Crippen LogP) is 3.35. The van der Waals surface area contributed by atoms with Crippen LogP contribution in [0.15, 0.2) is 67.3 Å². The number of fused-ring (bicyclic) bond motifs is 3. The van der Waals surface area contributed by atoms with Gasteiger partial charge in [0.1, 0.15) is 19.0 Å². The second-order valence-electron chi connectivity index (χ2n) is 7.22. The summed E-state index contributed by atoms with van der Waals surface area (Å²) in [6.07, 6.45) is 3.86. The van der Waals surface area contributed by atoms with Gasteiger partial charge in [0.25, 0.3) is 0 Å². The number of carboxylic acids is 1. The molecule has 0 saturated heterocycles. The zero-order chi connectivity index (χ0) is 21.1. The van der Waals surface area contributed by atoms with Crippen LogP contribution in [0.4, 0.5) is 4.79 Å². The minimum Gasteiger partial charge on any atom is -0.480 e. The van der Waals surface area contributed by atoms with Gasteiger partial charge < -0.3 is 9.84 Å². The van der Waals surface area contributed by atoms with Gasteiger partial charge in [0, 0.05) is 31.8 Å². The molecule has 2 aromatic carbocycles. The number of benzene rings is 2. The molecule has 4 rings (SSSR count). The molecule has 152 valence electrons. The van der Waals surface area contributed by atoms with E-state index in [0.717, 1.165) is 27.2 Å². The number of rotatable bonds is 6. The van der Waals surface area contributed by atoms with Crippen LogP contribution in [0.3, 0.4) is 0 Å². The van der Waals surface area contributed by atoms with Crippen molar-refractivity contribution in [2.75, 3.05) is 13.7 Å². The number of carbonyl (C=O) groups excluding carboxylic acids is 1. The first-order chi connectivity index (χ1) is 14.6. The van der Waals surface area contributed by atoms with Crippen molar-refractivity contribution < 1.29 is 19.4 Å². The van der Waals surface area contributed by atoms with Gasteiger partial charge in [-0.05, 0) is 27.8 Å². The Morgan fingerprint density at radius 2 is 1.60 bits per heavy atom. The monoisotopic (exact) mass is 403 g/mol. The molecule has 0 aliphatic heterocycles. The van der Waals surface area contributed by atoms with E-state index >= 15 is 0 Å². The van der Waals surface area contributed by atoms with E-state index in [1.54, 1.807) is 0 Å². The Labute approximate surface area is 174 Å².